The summed E-state index contributed by atoms with van der Waals surface area (Å²) in [5.41, 5.74) is -2.29. The molecule has 0 radical (unpaired) electrons. The molecular weight excluding hydrogens is 532 g/mol. The van der Waals surface area contributed by atoms with Crippen LogP contribution in [0.5, 0.6) is 5.75 Å². The number of allylic oxidation sites excluding steroid dienone is 1. The third kappa shape index (κ3) is 6.66. The number of carbonyl (C=O) groups is 1. The zero-order valence-corrected chi connectivity index (χ0v) is 20.5. The Morgan fingerprint density at radius 1 is 0.821 bits per heavy atom. The van der Waals surface area contributed by atoms with Crippen molar-refractivity contribution in [2.45, 2.75) is 44.7 Å². The quantitative estimate of drug-likeness (QED) is 0.179. The summed E-state index contributed by atoms with van der Waals surface area (Å²) in [4.78, 5) is 12.5. The maximum absolute atomic E-state index is 14.8. The first-order valence-corrected chi connectivity index (χ1v) is 12.1. The molecule has 0 unspecified atom stereocenters. The molecule has 10 heteroatoms. The van der Waals surface area contributed by atoms with Crippen molar-refractivity contribution in [1.82, 2.24) is 0 Å². The number of esters is 1. The van der Waals surface area contributed by atoms with E-state index in [0.29, 0.717) is 30.2 Å². The first-order valence-electron chi connectivity index (χ1n) is 12.1. The van der Waals surface area contributed by atoms with Crippen molar-refractivity contribution in [1.29, 1.82) is 0 Å². The normalized spacial score (nSPS) is 18.0. The van der Waals surface area contributed by atoms with Crippen LogP contribution in [0.25, 0.3) is 17.2 Å². The average Bonchev–Trinajstić information content (AvgIpc) is 2.82. The minimum absolute atomic E-state index is 0.158. The van der Waals surface area contributed by atoms with E-state index in [1.807, 2.05) is 0 Å². The lowest BCUT2D eigenvalue weighted by Gasteiger charge is -2.26. The van der Waals surface area contributed by atoms with E-state index in [0.717, 1.165) is 31.2 Å². The van der Waals surface area contributed by atoms with Gasteiger partial charge in [-0.25, -0.2) is 26.7 Å². The van der Waals surface area contributed by atoms with E-state index in [9.17, 15) is 39.9 Å². The van der Waals surface area contributed by atoms with Crippen molar-refractivity contribution in [2.75, 3.05) is 0 Å². The first-order chi connectivity index (χ1) is 18.3. The fraction of sp³-hybridized carbons (Fsp3) is 0.276. The Labute approximate surface area is 218 Å². The molecule has 206 valence electrons. The highest BCUT2D eigenvalue weighted by molar-refractivity contribution is 5.91. The fourth-order valence-electron chi connectivity index (χ4n) is 4.66. The Bertz CT molecular complexity index is 1370. The number of carbonyl (C=O) groups excluding carboxylic acids is 1. The van der Waals surface area contributed by atoms with Gasteiger partial charge in [0.15, 0.2) is 0 Å². The second-order valence-electron chi connectivity index (χ2n) is 9.58. The minimum atomic E-state index is -4.83. The van der Waals surface area contributed by atoms with Crippen LogP contribution in [0.15, 0.2) is 48.5 Å². The zero-order chi connectivity index (χ0) is 28.5. The second-order valence-corrected chi connectivity index (χ2v) is 9.58. The van der Waals surface area contributed by atoms with Gasteiger partial charge in [0.25, 0.3) is 0 Å². The van der Waals surface area contributed by atoms with Crippen LogP contribution in [0.1, 0.15) is 60.0 Å². The molecule has 1 fully saturated rings. The van der Waals surface area contributed by atoms with E-state index < -0.39 is 69.2 Å². The van der Waals surface area contributed by atoms with Gasteiger partial charge in [0, 0.05) is 23.8 Å². The summed E-state index contributed by atoms with van der Waals surface area (Å²) >= 11 is 0. The number of halogens is 8. The lowest BCUT2D eigenvalue weighted by atomic mass is 9.79. The molecule has 0 saturated heterocycles. The van der Waals surface area contributed by atoms with Gasteiger partial charge < -0.3 is 4.74 Å². The number of rotatable bonds is 5. The molecule has 0 bridgehead atoms. The number of hydrogen-bond donors (Lipinski definition) is 0. The van der Waals surface area contributed by atoms with Gasteiger partial charge >= 0.3 is 12.1 Å². The van der Waals surface area contributed by atoms with Gasteiger partial charge in [-0.05, 0) is 66.1 Å². The molecule has 4 rings (SSSR count). The Morgan fingerprint density at radius 3 is 1.95 bits per heavy atom. The van der Waals surface area contributed by atoms with Crippen LogP contribution in [0.2, 0.25) is 0 Å². The molecule has 3 aromatic carbocycles. The third-order valence-corrected chi connectivity index (χ3v) is 6.73. The van der Waals surface area contributed by atoms with Crippen molar-refractivity contribution in [3.63, 3.8) is 0 Å². The van der Waals surface area contributed by atoms with Crippen molar-refractivity contribution < 1.29 is 44.7 Å². The SMILES string of the molecule is CC1CCC(c2ccc(C(=O)Oc3cc(F)c(-c4cc(F)c(/C=C/C(F)(F)F)c(F)c4)c(F)c3)c(F)c2)CC1. The second kappa shape index (κ2) is 11.2. The summed E-state index contributed by atoms with van der Waals surface area (Å²) in [5.74, 6) is -7.64. The Balaban J connectivity index is 1.54. The van der Waals surface area contributed by atoms with E-state index in [1.165, 1.54) is 12.1 Å². The van der Waals surface area contributed by atoms with Gasteiger partial charge in [0.05, 0.1) is 11.1 Å². The minimum Gasteiger partial charge on any atom is -0.423 e. The molecule has 0 amide bonds. The Hall–Kier alpha value is -3.69. The molecule has 39 heavy (non-hydrogen) atoms. The fourth-order valence-corrected chi connectivity index (χ4v) is 4.66. The summed E-state index contributed by atoms with van der Waals surface area (Å²) < 4.78 is 115. The molecule has 2 nitrogen and oxygen atoms in total. The standard InChI is InChI=1S/C29H22F8O2/c1-15-2-4-16(5-3-15)17-6-7-21(24(32)10-17)28(38)39-19-13-25(33)27(26(34)14-19)18-11-22(30)20(23(31)12-18)8-9-29(35,36)37/h6-16H,2-5H2,1H3/b9-8+. The van der Waals surface area contributed by atoms with E-state index in [2.05, 4.69) is 6.92 Å². The number of benzene rings is 3. The van der Waals surface area contributed by atoms with Crippen LogP contribution >= 0.6 is 0 Å². The predicted molar refractivity (Wildman–Crippen MR) is 129 cm³/mol. The Morgan fingerprint density at radius 2 is 1.41 bits per heavy atom. The number of ether oxygens (including phenoxy) is 1. The van der Waals surface area contributed by atoms with Crippen LogP contribution in [-0.2, 0) is 0 Å². The molecule has 0 aliphatic heterocycles. The smallest absolute Gasteiger partial charge is 0.409 e. The summed E-state index contributed by atoms with van der Waals surface area (Å²) in [6.45, 7) is 2.15. The summed E-state index contributed by atoms with van der Waals surface area (Å²) in [5, 5.41) is 0. The topological polar surface area (TPSA) is 26.3 Å². The predicted octanol–water partition coefficient (Wildman–Crippen LogP) is 9.14. The zero-order valence-electron chi connectivity index (χ0n) is 20.5. The molecule has 0 aromatic heterocycles. The molecule has 1 saturated carbocycles. The highest BCUT2D eigenvalue weighted by Gasteiger charge is 2.25. The third-order valence-electron chi connectivity index (χ3n) is 6.73. The molecular formula is C29H22F8O2. The van der Waals surface area contributed by atoms with E-state index in [-0.39, 0.29) is 18.1 Å². The summed E-state index contributed by atoms with van der Waals surface area (Å²) in [7, 11) is 0. The highest BCUT2D eigenvalue weighted by Crippen LogP contribution is 2.36. The largest absolute Gasteiger partial charge is 0.423 e. The van der Waals surface area contributed by atoms with Gasteiger partial charge in [0.1, 0.15) is 34.8 Å². The summed E-state index contributed by atoms with van der Waals surface area (Å²) in [6.07, 6.45) is -1.23. The Kier molecular flexibility index (Phi) is 8.13. The maximum Gasteiger partial charge on any atom is 0.409 e. The van der Waals surface area contributed by atoms with Gasteiger partial charge in [0.2, 0.25) is 0 Å². The van der Waals surface area contributed by atoms with Crippen molar-refractivity contribution in [3.05, 3.63) is 94.3 Å². The van der Waals surface area contributed by atoms with E-state index >= 15 is 0 Å². The first kappa shape index (κ1) is 28.3. The molecule has 0 atom stereocenters. The van der Waals surface area contributed by atoms with Crippen LogP contribution < -0.4 is 4.74 Å². The highest BCUT2D eigenvalue weighted by atomic mass is 19.4. The van der Waals surface area contributed by atoms with Gasteiger partial charge in [-0.15, -0.1) is 0 Å². The lowest BCUT2D eigenvalue weighted by Crippen LogP contribution is -2.14. The molecule has 0 N–H and O–H groups in total. The molecule has 1 aliphatic carbocycles. The van der Waals surface area contributed by atoms with Crippen molar-refractivity contribution in [2.24, 2.45) is 5.92 Å². The summed E-state index contributed by atoms with van der Waals surface area (Å²) in [6, 6.07) is 6.18. The lowest BCUT2D eigenvalue weighted by molar-refractivity contribution is -0.0790. The van der Waals surface area contributed by atoms with Crippen molar-refractivity contribution >= 4 is 12.0 Å². The molecule has 0 heterocycles. The average molecular weight is 554 g/mol. The van der Waals surface area contributed by atoms with E-state index in [4.69, 9.17) is 4.74 Å². The monoisotopic (exact) mass is 554 g/mol. The molecule has 0 spiro atoms. The van der Waals surface area contributed by atoms with Crippen LogP contribution in [0, 0.1) is 35.0 Å². The number of alkyl halides is 3. The van der Waals surface area contributed by atoms with Crippen LogP contribution in [0.3, 0.4) is 0 Å². The van der Waals surface area contributed by atoms with Crippen LogP contribution in [-0.4, -0.2) is 12.1 Å². The van der Waals surface area contributed by atoms with Gasteiger partial charge in [-0.1, -0.05) is 25.8 Å². The van der Waals surface area contributed by atoms with Gasteiger partial charge in [-0.2, -0.15) is 13.2 Å². The van der Waals surface area contributed by atoms with E-state index in [1.54, 1.807) is 6.07 Å². The number of hydrogen-bond acceptors (Lipinski definition) is 2. The molecule has 3 aromatic rings. The van der Waals surface area contributed by atoms with Crippen LogP contribution in [0.4, 0.5) is 35.1 Å². The van der Waals surface area contributed by atoms with Crippen molar-refractivity contribution in [3.8, 4) is 16.9 Å². The van der Waals surface area contributed by atoms with Gasteiger partial charge in [-0.3, -0.25) is 0 Å². The maximum atomic E-state index is 14.8. The molecule has 1 aliphatic rings.